The van der Waals surface area contributed by atoms with E-state index in [0.29, 0.717) is 12.3 Å². The highest BCUT2D eigenvalue weighted by atomic mass is 79.9. The van der Waals surface area contributed by atoms with Crippen molar-refractivity contribution in [2.45, 2.75) is 5.92 Å². The summed E-state index contributed by atoms with van der Waals surface area (Å²) in [4.78, 5) is 24.7. The number of ether oxygens (including phenoxy) is 1. The van der Waals surface area contributed by atoms with Crippen molar-refractivity contribution in [1.82, 2.24) is 10.7 Å². The molecule has 1 fully saturated rings. The summed E-state index contributed by atoms with van der Waals surface area (Å²) in [7, 11) is 1.58. The van der Waals surface area contributed by atoms with E-state index >= 15 is 0 Å². The van der Waals surface area contributed by atoms with Crippen LogP contribution in [0.25, 0.3) is 0 Å². The van der Waals surface area contributed by atoms with Gasteiger partial charge in [0.25, 0.3) is 5.91 Å². The van der Waals surface area contributed by atoms with Crippen molar-refractivity contribution in [3.05, 3.63) is 62.5 Å². The van der Waals surface area contributed by atoms with Gasteiger partial charge in [-0.1, -0.05) is 30.3 Å². The number of hydrogen-bond acceptors (Lipinski definition) is 4. The van der Waals surface area contributed by atoms with Crippen molar-refractivity contribution in [2.75, 3.05) is 13.7 Å². The van der Waals surface area contributed by atoms with E-state index in [0.717, 1.165) is 20.1 Å². The van der Waals surface area contributed by atoms with E-state index in [1.165, 1.54) is 6.21 Å². The number of carbonyl (C=O) groups excluding carboxylic acids is 2. The van der Waals surface area contributed by atoms with Gasteiger partial charge >= 0.3 is 0 Å². The number of benzene rings is 2. The van der Waals surface area contributed by atoms with Crippen LogP contribution in [-0.4, -0.2) is 31.7 Å². The molecule has 3 rings (SSSR count). The van der Waals surface area contributed by atoms with Crippen LogP contribution in [0.2, 0.25) is 0 Å². The molecule has 0 aromatic heterocycles. The van der Waals surface area contributed by atoms with Crippen LogP contribution >= 0.6 is 31.9 Å². The minimum absolute atomic E-state index is 0.210. The van der Waals surface area contributed by atoms with E-state index in [-0.39, 0.29) is 11.8 Å². The Bertz CT molecular complexity index is 864. The lowest BCUT2D eigenvalue weighted by Gasteiger charge is -2.15. The molecule has 0 aliphatic carbocycles. The summed E-state index contributed by atoms with van der Waals surface area (Å²) < 4.78 is 6.77. The van der Waals surface area contributed by atoms with E-state index in [2.05, 4.69) is 47.7 Å². The number of hydrazone groups is 1. The molecule has 1 heterocycles. The fraction of sp³-hybridized carbons (Fsp3) is 0.211. The van der Waals surface area contributed by atoms with Crippen LogP contribution < -0.4 is 15.5 Å². The van der Waals surface area contributed by atoms with Gasteiger partial charge in [0.2, 0.25) is 5.91 Å². The fourth-order valence-corrected chi connectivity index (χ4v) is 4.57. The zero-order chi connectivity index (χ0) is 19.4. The van der Waals surface area contributed by atoms with Gasteiger partial charge in [0.1, 0.15) is 11.7 Å². The van der Waals surface area contributed by atoms with Crippen molar-refractivity contribution >= 4 is 49.9 Å². The molecule has 27 heavy (non-hydrogen) atoms. The van der Waals surface area contributed by atoms with Gasteiger partial charge < -0.3 is 10.1 Å². The van der Waals surface area contributed by atoms with Crippen LogP contribution in [0.1, 0.15) is 17.0 Å². The second-order valence-corrected chi connectivity index (χ2v) is 7.70. The van der Waals surface area contributed by atoms with Crippen molar-refractivity contribution in [3.8, 4) is 5.75 Å². The molecule has 1 saturated heterocycles. The lowest BCUT2D eigenvalue weighted by atomic mass is 9.88. The van der Waals surface area contributed by atoms with Crippen LogP contribution in [0.5, 0.6) is 5.75 Å². The van der Waals surface area contributed by atoms with Crippen molar-refractivity contribution in [2.24, 2.45) is 11.0 Å². The van der Waals surface area contributed by atoms with Gasteiger partial charge in [-0.25, -0.2) is 5.43 Å². The molecule has 8 heteroatoms. The molecule has 1 aliphatic heterocycles. The predicted molar refractivity (Wildman–Crippen MR) is 110 cm³/mol. The maximum absolute atomic E-state index is 12.5. The molecule has 0 bridgehead atoms. The van der Waals surface area contributed by atoms with Crippen LogP contribution in [-0.2, 0) is 9.59 Å². The van der Waals surface area contributed by atoms with Gasteiger partial charge in [-0.2, -0.15) is 5.10 Å². The van der Waals surface area contributed by atoms with E-state index in [4.69, 9.17) is 4.74 Å². The molecule has 2 amide bonds. The molecule has 2 aromatic rings. The predicted octanol–water partition coefficient (Wildman–Crippen LogP) is 3.20. The van der Waals surface area contributed by atoms with Crippen LogP contribution in [0.4, 0.5) is 0 Å². The summed E-state index contributed by atoms with van der Waals surface area (Å²) >= 11 is 6.84. The Morgan fingerprint density at radius 3 is 2.56 bits per heavy atom. The second-order valence-electron chi connectivity index (χ2n) is 5.99. The minimum Gasteiger partial charge on any atom is -0.494 e. The number of rotatable bonds is 5. The minimum atomic E-state index is -0.807. The highest BCUT2D eigenvalue weighted by molar-refractivity contribution is 9.11. The SMILES string of the molecule is COc1c(Br)cc(C=NNC(=O)[C@H]2C(=O)NC[C@@H]2c2ccccc2)cc1Br. The average molecular weight is 495 g/mol. The van der Waals surface area contributed by atoms with Gasteiger partial charge in [-0.05, 0) is 55.1 Å². The first-order valence-corrected chi connectivity index (χ1v) is 9.78. The number of amides is 2. The number of hydrogen-bond donors (Lipinski definition) is 2. The van der Waals surface area contributed by atoms with E-state index in [1.54, 1.807) is 7.11 Å². The monoisotopic (exact) mass is 493 g/mol. The zero-order valence-electron chi connectivity index (χ0n) is 14.4. The van der Waals surface area contributed by atoms with Crippen molar-refractivity contribution in [3.63, 3.8) is 0 Å². The summed E-state index contributed by atoms with van der Waals surface area (Å²) in [5, 5.41) is 6.76. The molecule has 2 N–H and O–H groups in total. The topological polar surface area (TPSA) is 79.8 Å². The number of carbonyl (C=O) groups is 2. The van der Waals surface area contributed by atoms with Gasteiger partial charge in [0, 0.05) is 12.5 Å². The Labute approximate surface area is 173 Å². The molecule has 140 valence electrons. The van der Waals surface area contributed by atoms with Crippen molar-refractivity contribution in [1.29, 1.82) is 0 Å². The standard InChI is InChI=1S/C19H17Br2N3O3/c1-27-17-14(20)7-11(8-15(17)21)9-23-24-19(26)16-13(10-22-18(16)25)12-5-3-2-4-6-12/h2-9,13,16H,10H2,1H3,(H,22,25)(H,24,26)/t13-,16-/m1/s1. The van der Waals surface area contributed by atoms with Gasteiger partial charge in [0.05, 0.1) is 22.3 Å². The van der Waals surface area contributed by atoms with E-state index < -0.39 is 11.8 Å². The molecule has 2 atom stereocenters. The van der Waals surface area contributed by atoms with E-state index in [1.807, 2.05) is 42.5 Å². The first-order valence-electron chi connectivity index (χ1n) is 8.20. The molecule has 0 spiro atoms. The second kappa shape index (κ2) is 8.67. The molecule has 0 unspecified atom stereocenters. The number of nitrogens with one attached hydrogen (secondary N) is 2. The summed E-state index contributed by atoms with van der Waals surface area (Å²) in [6.07, 6.45) is 1.51. The third-order valence-electron chi connectivity index (χ3n) is 4.30. The summed E-state index contributed by atoms with van der Waals surface area (Å²) in [6, 6.07) is 13.2. The van der Waals surface area contributed by atoms with Crippen LogP contribution in [0.15, 0.2) is 56.5 Å². The largest absolute Gasteiger partial charge is 0.494 e. The van der Waals surface area contributed by atoms with Gasteiger partial charge in [0.15, 0.2) is 0 Å². The lowest BCUT2D eigenvalue weighted by Crippen LogP contribution is -2.34. The number of methoxy groups -OCH3 is 1. The number of halogens is 2. The zero-order valence-corrected chi connectivity index (χ0v) is 17.6. The van der Waals surface area contributed by atoms with Gasteiger partial charge in [-0.3, -0.25) is 9.59 Å². The first-order chi connectivity index (χ1) is 13.0. The summed E-state index contributed by atoms with van der Waals surface area (Å²) in [6.45, 7) is 0.434. The maximum Gasteiger partial charge on any atom is 0.253 e. The Morgan fingerprint density at radius 1 is 1.26 bits per heavy atom. The maximum atomic E-state index is 12.5. The quantitative estimate of drug-likeness (QED) is 0.380. The lowest BCUT2D eigenvalue weighted by molar-refractivity contribution is -0.133. The summed E-state index contributed by atoms with van der Waals surface area (Å²) in [5.74, 6) is -1.06. The molecule has 6 nitrogen and oxygen atoms in total. The van der Waals surface area contributed by atoms with E-state index in [9.17, 15) is 9.59 Å². The first kappa shape index (κ1) is 19.6. The smallest absolute Gasteiger partial charge is 0.253 e. The highest BCUT2D eigenvalue weighted by Crippen LogP contribution is 2.34. The van der Waals surface area contributed by atoms with Crippen LogP contribution in [0.3, 0.4) is 0 Å². The Balaban J connectivity index is 1.71. The Kier molecular flexibility index (Phi) is 6.28. The average Bonchev–Trinajstić information content (AvgIpc) is 3.04. The number of nitrogens with zero attached hydrogens (tertiary/aromatic N) is 1. The van der Waals surface area contributed by atoms with Crippen molar-refractivity contribution < 1.29 is 14.3 Å². The molecule has 0 saturated carbocycles. The molecule has 0 radical (unpaired) electrons. The Morgan fingerprint density at radius 2 is 1.93 bits per heavy atom. The molecule has 1 aliphatic rings. The summed E-state index contributed by atoms with van der Waals surface area (Å²) in [5.41, 5.74) is 4.18. The third kappa shape index (κ3) is 4.39. The molecule has 2 aromatic carbocycles. The van der Waals surface area contributed by atoms with Crippen LogP contribution in [0, 0.1) is 5.92 Å². The molecular weight excluding hydrogens is 478 g/mol. The molecular formula is C19H17Br2N3O3. The highest BCUT2D eigenvalue weighted by Gasteiger charge is 2.40. The van der Waals surface area contributed by atoms with Gasteiger partial charge in [-0.15, -0.1) is 0 Å². The Hall–Kier alpha value is -2.19. The fourth-order valence-electron chi connectivity index (χ4n) is 3.02. The third-order valence-corrected chi connectivity index (χ3v) is 5.48. The normalized spacial score (nSPS) is 19.1.